The molecule has 2 amide bonds. The first-order chi connectivity index (χ1) is 14.4. The summed E-state index contributed by atoms with van der Waals surface area (Å²) in [4.78, 5) is 36.8. The zero-order chi connectivity index (χ0) is 21.6. The number of hydrogen-bond donors (Lipinski definition) is 2. The molecule has 1 atom stereocenters. The Bertz CT molecular complexity index is 938. The van der Waals surface area contributed by atoms with Crippen LogP contribution in [-0.4, -0.2) is 29.4 Å². The van der Waals surface area contributed by atoms with E-state index in [0.29, 0.717) is 18.5 Å². The monoisotopic (exact) mass is 409 g/mol. The quantitative estimate of drug-likeness (QED) is 0.705. The minimum absolute atomic E-state index is 0.173. The van der Waals surface area contributed by atoms with Crippen molar-refractivity contribution in [2.45, 2.75) is 50.7 Å². The largest absolute Gasteiger partial charge is 0.459 e. The zero-order valence-electron chi connectivity index (χ0n) is 16.6. The molecule has 2 N–H and O–H groups in total. The number of carbonyl (C=O) groups excluding carboxylic acids is 3. The van der Waals surface area contributed by atoms with E-state index in [1.54, 1.807) is 18.2 Å². The summed E-state index contributed by atoms with van der Waals surface area (Å²) >= 11 is 0. The van der Waals surface area contributed by atoms with E-state index < -0.39 is 29.4 Å². The molecule has 0 spiro atoms. The van der Waals surface area contributed by atoms with Gasteiger partial charge in [0.25, 0.3) is 11.8 Å². The second kappa shape index (κ2) is 9.27. The fourth-order valence-corrected chi connectivity index (χ4v) is 3.33. The summed E-state index contributed by atoms with van der Waals surface area (Å²) in [6.45, 7) is 1.47. The number of benzene rings is 1. The van der Waals surface area contributed by atoms with Crippen LogP contribution in [0.15, 0.2) is 47.1 Å². The number of nitrogens with zero attached hydrogens (tertiary/aromatic N) is 1. The van der Waals surface area contributed by atoms with Gasteiger partial charge in [-0.05, 0) is 56.2 Å². The number of anilines is 1. The van der Waals surface area contributed by atoms with Crippen molar-refractivity contribution in [3.8, 4) is 6.07 Å². The molecular formula is C22H23N3O5. The summed E-state index contributed by atoms with van der Waals surface area (Å²) in [7, 11) is 0. The molecular weight excluding hydrogens is 386 g/mol. The Hall–Kier alpha value is -3.60. The minimum atomic E-state index is -1.04. The molecule has 1 saturated carbocycles. The maximum Gasteiger partial charge on any atom is 0.338 e. The van der Waals surface area contributed by atoms with E-state index in [9.17, 15) is 19.6 Å². The van der Waals surface area contributed by atoms with Crippen molar-refractivity contribution in [2.24, 2.45) is 0 Å². The number of furan rings is 1. The van der Waals surface area contributed by atoms with Crippen molar-refractivity contribution in [3.05, 3.63) is 54.0 Å². The first-order valence-corrected chi connectivity index (χ1v) is 9.82. The molecule has 8 nitrogen and oxygen atoms in total. The highest BCUT2D eigenvalue weighted by Gasteiger charge is 2.35. The lowest BCUT2D eigenvalue weighted by Gasteiger charge is -2.32. The number of amides is 2. The average molecular weight is 409 g/mol. The maximum absolute atomic E-state index is 12.4. The third-order valence-corrected chi connectivity index (χ3v) is 5.06. The fourth-order valence-electron chi connectivity index (χ4n) is 3.33. The minimum Gasteiger partial charge on any atom is -0.459 e. The van der Waals surface area contributed by atoms with Gasteiger partial charge in [-0.3, -0.25) is 9.59 Å². The van der Waals surface area contributed by atoms with Crippen molar-refractivity contribution in [1.29, 1.82) is 5.26 Å². The van der Waals surface area contributed by atoms with E-state index >= 15 is 0 Å². The molecule has 0 radical (unpaired) electrons. The molecule has 1 fully saturated rings. The summed E-state index contributed by atoms with van der Waals surface area (Å²) in [6.07, 6.45) is 4.36. The molecule has 8 heteroatoms. The van der Waals surface area contributed by atoms with E-state index in [2.05, 4.69) is 16.7 Å². The number of carbonyl (C=O) groups is 3. The van der Waals surface area contributed by atoms with Crippen molar-refractivity contribution in [2.75, 3.05) is 5.32 Å². The first kappa shape index (κ1) is 21.1. The van der Waals surface area contributed by atoms with Gasteiger partial charge in [0.05, 0.1) is 17.9 Å². The normalized spacial score (nSPS) is 16.0. The summed E-state index contributed by atoms with van der Waals surface area (Å²) in [5.41, 5.74) is -0.172. The Kier molecular flexibility index (Phi) is 6.52. The summed E-state index contributed by atoms with van der Waals surface area (Å²) < 4.78 is 10.3. The first-order valence-electron chi connectivity index (χ1n) is 9.82. The third kappa shape index (κ3) is 5.06. The molecule has 0 saturated heterocycles. The number of hydrogen-bond acceptors (Lipinski definition) is 6. The van der Waals surface area contributed by atoms with Gasteiger partial charge in [-0.2, -0.15) is 5.26 Å². The highest BCUT2D eigenvalue weighted by molar-refractivity contribution is 6.02. The molecule has 2 aromatic rings. The maximum atomic E-state index is 12.4. The van der Waals surface area contributed by atoms with Gasteiger partial charge in [0, 0.05) is 5.69 Å². The Balaban J connectivity index is 1.55. The van der Waals surface area contributed by atoms with Crippen molar-refractivity contribution in [3.63, 3.8) is 0 Å². The number of ether oxygens (including phenoxy) is 1. The second-order valence-corrected chi connectivity index (χ2v) is 7.30. The molecule has 1 aromatic heterocycles. The predicted octanol–water partition coefficient (Wildman–Crippen LogP) is 3.42. The molecule has 1 aliphatic carbocycles. The number of nitrogens with one attached hydrogen (secondary N) is 2. The van der Waals surface area contributed by atoms with Gasteiger partial charge >= 0.3 is 5.97 Å². The van der Waals surface area contributed by atoms with E-state index in [1.165, 1.54) is 31.4 Å². The fraction of sp³-hybridized carbons (Fsp3) is 0.364. The summed E-state index contributed by atoms with van der Waals surface area (Å²) in [5, 5.41) is 14.9. The van der Waals surface area contributed by atoms with E-state index in [1.807, 2.05) is 0 Å². The highest BCUT2D eigenvalue weighted by Crippen LogP contribution is 2.27. The topological polar surface area (TPSA) is 121 Å². The molecule has 1 unspecified atom stereocenters. The van der Waals surface area contributed by atoms with Crippen LogP contribution in [0.1, 0.15) is 59.9 Å². The van der Waals surface area contributed by atoms with Crippen LogP contribution >= 0.6 is 0 Å². The third-order valence-electron chi connectivity index (χ3n) is 5.06. The van der Waals surface area contributed by atoms with Crippen molar-refractivity contribution < 1.29 is 23.5 Å². The van der Waals surface area contributed by atoms with Crippen LogP contribution in [0.25, 0.3) is 0 Å². The van der Waals surface area contributed by atoms with Crippen LogP contribution < -0.4 is 10.6 Å². The van der Waals surface area contributed by atoms with E-state index in [0.717, 1.165) is 19.3 Å². The number of esters is 1. The van der Waals surface area contributed by atoms with Gasteiger partial charge in [0.1, 0.15) is 5.54 Å². The van der Waals surface area contributed by atoms with Gasteiger partial charge in [-0.1, -0.05) is 19.3 Å². The van der Waals surface area contributed by atoms with Gasteiger partial charge in [0.2, 0.25) is 0 Å². The lowest BCUT2D eigenvalue weighted by Crippen LogP contribution is -2.52. The van der Waals surface area contributed by atoms with Crippen molar-refractivity contribution >= 4 is 23.5 Å². The molecule has 1 heterocycles. The zero-order valence-corrected chi connectivity index (χ0v) is 16.6. The van der Waals surface area contributed by atoms with Crippen LogP contribution in [0, 0.1) is 11.3 Å². The van der Waals surface area contributed by atoms with Crippen molar-refractivity contribution in [1.82, 2.24) is 5.32 Å². The number of nitriles is 1. The summed E-state index contributed by atoms with van der Waals surface area (Å²) in [6, 6.07) is 11.4. The Morgan fingerprint density at radius 1 is 1.13 bits per heavy atom. The van der Waals surface area contributed by atoms with Crippen LogP contribution in [0.3, 0.4) is 0 Å². The highest BCUT2D eigenvalue weighted by atomic mass is 16.5. The van der Waals surface area contributed by atoms with Gasteiger partial charge in [-0.15, -0.1) is 0 Å². The SMILES string of the molecule is CC(OC(=O)c1ccc(NC(=O)c2ccco2)cc1)C(=O)NC1(C#N)CCCCC1. The molecule has 1 aliphatic rings. The predicted molar refractivity (Wildman–Crippen MR) is 108 cm³/mol. The van der Waals surface area contributed by atoms with Crippen LogP contribution in [0.5, 0.6) is 0 Å². The van der Waals surface area contributed by atoms with Gasteiger partial charge < -0.3 is 19.8 Å². The summed E-state index contributed by atoms with van der Waals surface area (Å²) in [5.74, 6) is -1.40. The Morgan fingerprint density at radius 3 is 2.43 bits per heavy atom. The molecule has 0 aliphatic heterocycles. The van der Waals surface area contributed by atoms with E-state index in [4.69, 9.17) is 9.15 Å². The van der Waals surface area contributed by atoms with Gasteiger partial charge in [0.15, 0.2) is 11.9 Å². The standard InChI is InChI=1S/C22H23N3O5/c1-15(19(26)25-22(14-23)11-3-2-4-12-22)30-21(28)16-7-9-17(10-8-16)24-20(27)18-6-5-13-29-18/h5-10,13,15H,2-4,11-12H2,1H3,(H,24,27)(H,25,26). The van der Waals surface area contributed by atoms with Crippen LogP contribution in [0.4, 0.5) is 5.69 Å². The van der Waals surface area contributed by atoms with Gasteiger partial charge in [-0.25, -0.2) is 4.79 Å². The number of rotatable bonds is 6. The Labute approximate surface area is 174 Å². The lowest BCUT2D eigenvalue weighted by atomic mass is 9.83. The Morgan fingerprint density at radius 2 is 1.83 bits per heavy atom. The molecule has 1 aromatic carbocycles. The van der Waals surface area contributed by atoms with Crippen LogP contribution in [0.2, 0.25) is 0 Å². The molecule has 30 heavy (non-hydrogen) atoms. The second-order valence-electron chi connectivity index (χ2n) is 7.30. The molecule has 0 bridgehead atoms. The van der Waals surface area contributed by atoms with Crippen LogP contribution in [-0.2, 0) is 9.53 Å². The smallest absolute Gasteiger partial charge is 0.338 e. The lowest BCUT2D eigenvalue weighted by molar-refractivity contribution is -0.130. The van der Waals surface area contributed by atoms with E-state index in [-0.39, 0.29) is 11.3 Å². The average Bonchev–Trinajstić information content (AvgIpc) is 3.30. The molecule has 3 rings (SSSR count). The molecule has 156 valence electrons.